The lowest BCUT2D eigenvalue weighted by molar-refractivity contribution is 0.203. The average molecular weight is 288 g/mol. The summed E-state index contributed by atoms with van der Waals surface area (Å²) in [4.78, 5) is 3.47. The number of aromatic nitrogens is 1. The Labute approximate surface area is 112 Å². The number of rotatable bonds is 4. The van der Waals surface area contributed by atoms with Crippen LogP contribution in [0, 0.1) is 11.7 Å². The number of hydrogen-bond acceptors (Lipinski definition) is 4. The van der Waals surface area contributed by atoms with Crippen molar-refractivity contribution in [3.8, 4) is 0 Å². The Morgan fingerprint density at radius 1 is 1.47 bits per heavy atom. The molecule has 1 aliphatic heterocycles. The molecule has 1 aromatic rings. The lowest BCUT2D eigenvalue weighted by Crippen LogP contribution is -2.40. The molecular weight excluding hydrogens is 271 g/mol. The molecule has 1 N–H and O–H groups in total. The van der Waals surface area contributed by atoms with Crippen LogP contribution < -0.4 is 0 Å². The van der Waals surface area contributed by atoms with Gasteiger partial charge in [0.05, 0.1) is 6.20 Å². The van der Waals surface area contributed by atoms with Gasteiger partial charge >= 0.3 is 0 Å². The second-order valence-corrected chi connectivity index (χ2v) is 6.66. The summed E-state index contributed by atoms with van der Waals surface area (Å²) in [5.41, 5.74) is 0. The van der Waals surface area contributed by atoms with E-state index in [1.165, 1.54) is 4.31 Å². The lowest BCUT2D eigenvalue weighted by Gasteiger charge is -2.31. The highest BCUT2D eigenvalue weighted by Gasteiger charge is 2.30. The van der Waals surface area contributed by atoms with Crippen LogP contribution in [0.1, 0.15) is 19.3 Å². The number of sulfonamides is 1. The van der Waals surface area contributed by atoms with Crippen LogP contribution in [-0.2, 0) is 10.0 Å². The molecule has 0 spiro atoms. The third kappa shape index (κ3) is 3.29. The molecule has 1 saturated heterocycles. The van der Waals surface area contributed by atoms with Gasteiger partial charge in [0.15, 0.2) is 0 Å². The Morgan fingerprint density at radius 3 is 2.95 bits per heavy atom. The molecular formula is C12H17FN2O3S. The highest BCUT2D eigenvalue weighted by molar-refractivity contribution is 7.89. The number of halogens is 1. The molecule has 2 heterocycles. The summed E-state index contributed by atoms with van der Waals surface area (Å²) in [6, 6.07) is 0.984. The zero-order chi connectivity index (χ0) is 13.9. The average Bonchev–Trinajstić information content (AvgIpc) is 2.39. The first-order chi connectivity index (χ1) is 9.04. The van der Waals surface area contributed by atoms with Gasteiger partial charge < -0.3 is 5.11 Å². The van der Waals surface area contributed by atoms with Gasteiger partial charge in [-0.1, -0.05) is 0 Å². The third-order valence-corrected chi connectivity index (χ3v) is 5.17. The van der Waals surface area contributed by atoms with E-state index in [-0.39, 0.29) is 17.4 Å². The molecule has 0 radical (unpaired) electrons. The first-order valence-electron chi connectivity index (χ1n) is 6.25. The zero-order valence-corrected chi connectivity index (χ0v) is 11.3. The number of nitrogens with zero attached hydrogens (tertiary/aromatic N) is 2. The molecule has 1 aromatic heterocycles. The summed E-state index contributed by atoms with van der Waals surface area (Å²) in [7, 11) is -3.69. The molecule has 0 bridgehead atoms. The molecule has 106 valence electrons. The monoisotopic (exact) mass is 288 g/mol. The number of aliphatic hydroxyl groups is 1. The number of aliphatic hydroxyl groups excluding tert-OH is 1. The van der Waals surface area contributed by atoms with Crippen LogP contribution in [-0.4, -0.2) is 42.5 Å². The quantitative estimate of drug-likeness (QED) is 0.897. The van der Waals surface area contributed by atoms with Crippen molar-refractivity contribution >= 4 is 10.0 Å². The fourth-order valence-electron chi connectivity index (χ4n) is 2.35. The largest absolute Gasteiger partial charge is 0.396 e. The van der Waals surface area contributed by atoms with Crippen LogP contribution in [0.5, 0.6) is 0 Å². The molecule has 0 aromatic carbocycles. The van der Waals surface area contributed by atoms with Crippen molar-refractivity contribution in [2.24, 2.45) is 5.92 Å². The summed E-state index contributed by atoms with van der Waals surface area (Å²) >= 11 is 0. The van der Waals surface area contributed by atoms with Gasteiger partial charge in [0, 0.05) is 25.9 Å². The van der Waals surface area contributed by atoms with Crippen LogP contribution >= 0.6 is 0 Å². The van der Waals surface area contributed by atoms with Gasteiger partial charge in [-0.2, -0.15) is 4.31 Å². The maximum atomic E-state index is 13.1. The predicted octanol–water partition coefficient (Wildman–Crippen LogP) is 1.00. The van der Waals surface area contributed by atoms with E-state index in [9.17, 15) is 12.8 Å². The van der Waals surface area contributed by atoms with Crippen molar-refractivity contribution in [1.82, 2.24) is 9.29 Å². The van der Waals surface area contributed by atoms with E-state index in [0.717, 1.165) is 31.3 Å². The van der Waals surface area contributed by atoms with E-state index in [2.05, 4.69) is 4.98 Å². The van der Waals surface area contributed by atoms with E-state index in [0.29, 0.717) is 19.5 Å². The first-order valence-corrected chi connectivity index (χ1v) is 7.69. The molecule has 0 amide bonds. The highest BCUT2D eigenvalue weighted by Crippen LogP contribution is 2.25. The highest BCUT2D eigenvalue weighted by atomic mass is 32.2. The van der Waals surface area contributed by atoms with Gasteiger partial charge in [0.2, 0.25) is 10.0 Å². The maximum Gasteiger partial charge on any atom is 0.244 e. The molecule has 1 aliphatic rings. The molecule has 7 heteroatoms. The standard InChI is InChI=1S/C12H17FN2O3S/c13-11-6-12(8-14-7-11)19(17,18)15-4-1-2-10(9-15)3-5-16/h6-8,10,16H,1-5,9H2. The van der Waals surface area contributed by atoms with E-state index >= 15 is 0 Å². The number of piperidine rings is 1. The molecule has 1 unspecified atom stereocenters. The smallest absolute Gasteiger partial charge is 0.244 e. The second-order valence-electron chi connectivity index (χ2n) is 4.72. The van der Waals surface area contributed by atoms with Gasteiger partial charge in [-0.3, -0.25) is 4.98 Å². The minimum atomic E-state index is -3.69. The Bertz CT molecular complexity index is 534. The summed E-state index contributed by atoms with van der Waals surface area (Å²) in [5.74, 6) is -0.500. The second kappa shape index (κ2) is 5.94. The van der Waals surface area contributed by atoms with E-state index < -0.39 is 15.8 Å². The SMILES string of the molecule is O=S(=O)(c1cncc(F)c1)N1CCCC(CCO)C1. The Hall–Kier alpha value is -1.05. The van der Waals surface area contributed by atoms with Crippen LogP contribution in [0.4, 0.5) is 4.39 Å². The molecule has 0 saturated carbocycles. The van der Waals surface area contributed by atoms with Gasteiger partial charge in [-0.25, -0.2) is 12.8 Å². The number of pyridine rings is 1. The first kappa shape index (κ1) is 14.4. The predicted molar refractivity (Wildman–Crippen MR) is 67.4 cm³/mol. The topological polar surface area (TPSA) is 70.5 Å². The van der Waals surface area contributed by atoms with Crippen LogP contribution in [0.3, 0.4) is 0 Å². The fraction of sp³-hybridized carbons (Fsp3) is 0.583. The van der Waals surface area contributed by atoms with Crippen LogP contribution in [0.2, 0.25) is 0 Å². The maximum absolute atomic E-state index is 13.1. The molecule has 1 fully saturated rings. The summed E-state index contributed by atoms with van der Waals surface area (Å²) < 4.78 is 39.1. The lowest BCUT2D eigenvalue weighted by atomic mass is 9.97. The summed E-state index contributed by atoms with van der Waals surface area (Å²) in [6.07, 6.45) is 4.39. The van der Waals surface area contributed by atoms with Crippen LogP contribution in [0.25, 0.3) is 0 Å². The summed E-state index contributed by atoms with van der Waals surface area (Å²) in [6.45, 7) is 0.861. The van der Waals surface area contributed by atoms with Crippen molar-refractivity contribution in [2.75, 3.05) is 19.7 Å². The minimum absolute atomic E-state index is 0.0556. The molecule has 19 heavy (non-hydrogen) atoms. The van der Waals surface area contributed by atoms with Crippen molar-refractivity contribution in [3.63, 3.8) is 0 Å². The third-order valence-electron chi connectivity index (χ3n) is 3.34. The van der Waals surface area contributed by atoms with Crippen molar-refractivity contribution in [1.29, 1.82) is 0 Å². The van der Waals surface area contributed by atoms with Gasteiger partial charge in [0.25, 0.3) is 0 Å². The molecule has 1 atom stereocenters. The zero-order valence-electron chi connectivity index (χ0n) is 10.5. The molecule has 5 nitrogen and oxygen atoms in total. The van der Waals surface area contributed by atoms with Crippen LogP contribution in [0.15, 0.2) is 23.4 Å². The van der Waals surface area contributed by atoms with Gasteiger partial charge in [-0.15, -0.1) is 0 Å². The van der Waals surface area contributed by atoms with Gasteiger partial charge in [-0.05, 0) is 31.2 Å². The number of hydrogen-bond donors (Lipinski definition) is 1. The molecule has 0 aliphatic carbocycles. The van der Waals surface area contributed by atoms with Gasteiger partial charge in [0.1, 0.15) is 10.7 Å². The van der Waals surface area contributed by atoms with Crippen molar-refractivity contribution in [2.45, 2.75) is 24.2 Å². The van der Waals surface area contributed by atoms with E-state index in [1.807, 2.05) is 0 Å². The fourth-order valence-corrected chi connectivity index (χ4v) is 3.88. The Kier molecular flexibility index (Phi) is 4.49. The minimum Gasteiger partial charge on any atom is -0.396 e. The van der Waals surface area contributed by atoms with E-state index in [4.69, 9.17) is 5.11 Å². The Balaban J connectivity index is 2.19. The Morgan fingerprint density at radius 2 is 2.26 bits per heavy atom. The van der Waals surface area contributed by atoms with Crippen molar-refractivity contribution in [3.05, 3.63) is 24.3 Å². The van der Waals surface area contributed by atoms with E-state index in [1.54, 1.807) is 0 Å². The molecule has 2 rings (SSSR count). The van der Waals surface area contributed by atoms with Crippen molar-refractivity contribution < 1.29 is 17.9 Å². The summed E-state index contributed by atoms with van der Waals surface area (Å²) in [5, 5.41) is 8.93. The normalized spacial score (nSPS) is 21.5.